The van der Waals surface area contributed by atoms with Crippen LogP contribution in [0.5, 0.6) is 0 Å². The van der Waals surface area contributed by atoms with E-state index in [2.05, 4.69) is 19.9 Å². The highest BCUT2D eigenvalue weighted by Gasteiger charge is 2.20. The fourth-order valence-corrected chi connectivity index (χ4v) is 4.79. The molecule has 1 amide bonds. The molecule has 0 bridgehead atoms. The molecule has 0 atom stereocenters. The number of benzene rings is 1. The third-order valence-corrected chi connectivity index (χ3v) is 6.79. The van der Waals surface area contributed by atoms with Gasteiger partial charge in [-0.15, -0.1) is 15.7 Å². The number of thiophene rings is 1. The lowest BCUT2D eigenvalue weighted by atomic mass is 10.3. The second-order valence-corrected chi connectivity index (χ2v) is 9.18. The quantitative estimate of drug-likeness (QED) is 0.648. The minimum Gasteiger partial charge on any atom is -0.362 e. The largest absolute Gasteiger partial charge is 0.362 e. The third kappa shape index (κ3) is 4.22. The van der Waals surface area contributed by atoms with Gasteiger partial charge in [0.2, 0.25) is 0 Å². The molecule has 2 aromatic heterocycles. The molecule has 0 unspecified atom stereocenters. The predicted octanol–water partition coefficient (Wildman–Crippen LogP) is 3.20. The third-order valence-electron chi connectivity index (χ3n) is 4.57. The van der Waals surface area contributed by atoms with Crippen molar-refractivity contribution in [2.24, 2.45) is 4.40 Å². The summed E-state index contributed by atoms with van der Waals surface area (Å²) in [5.41, 5.74) is 1.49. The molecule has 0 aliphatic carbocycles. The molecule has 1 aromatic carbocycles. The zero-order chi connectivity index (χ0) is 20.4. The van der Waals surface area contributed by atoms with Crippen molar-refractivity contribution in [2.75, 3.05) is 18.9 Å². The number of anilines is 1. The molecule has 1 fully saturated rings. The summed E-state index contributed by atoms with van der Waals surface area (Å²) in [6, 6.07) is 11.5. The number of carbonyl (C=O) groups excluding carboxylic acids is 1. The number of hydrogen-bond acceptors (Lipinski definition) is 5. The lowest BCUT2D eigenvalue weighted by Gasteiger charge is -2.11. The fraction of sp³-hybridized carbons (Fsp3) is 0.211. The first-order chi connectivity index (χ1) is 13.9. The first-order valence-corrected chi connectivity index (χ1v) is 11.3. The van der Waals surface area contributed by atoms with Crippen LogP contribution in [-0.2, 0) is 10.0 Å². The minimum atomic E-state index is -3.78. The van der Waals surface area contributed by atoms with Gasteiger partial charge in [0, 0.05) is 25.7 Å². The van der Waals surface area contributed by atoms with Crippen molar-refractivity contribution >= 4 is 38.8 Å². The highest BCUT2D eigenvalue weighted by Crippen LogP contribution is 2.23. The number of likely N-dealkylation sites (tertiary alicyclic amines) is 1. The Morgan fingerprint density at radius 3 is 2.72 bits per heavy atom. The molecular weight excluding hydrogens is 410 g/mol. The highest BCUT2D eigenvalue weighted by molar-refractivity contribution is 7.90. The number of amidine groups is 1. The van der Waals surface area contributed by atoms with Gasteiger partial charge in [-0.1, -0.05) is 6.07 Å². The number of sulfonamides is 1. The second-order valence-electron chi connectivity index (χ2n) is 6.63. The number of H-pyrrole nitrogens is 1. The average molecular weight is 430 g/mol. The molecular formula is C19H19N5O3S2. The molecule has 2 N–H and O–H groups in total. The van der Waals surface area contributed by atoms with Crippen LogP contribution in [0, 0.1) is 0 Å². The van der Waals surface area contributed by atoms with E-state index in [4.69, 9.17) is 0 Å². The smallest absolute Gasteiger partial charge is 0.283 e. The van der Waals surface area contributed by atoms with Crippen LogP contribution in [0.2, 0.25) is 0 Å². The summed E-state index contributed by atoms with van der Waals surface area (Å²) < 4.78 is 28.9. The molecule has 8 nitrogen and oxygen atoms in total. The molecule has 3 heterocycles. The zero-order valence-corrected chi connectivity index (χ0v) is 17.3. The zero-order valence-electron chi connectivity index (χ0n) is 15.6. The standard InChI is InChI=1S/C19H19N5O3S2/c1-24-10-2-5-18(24)23-29(26,27)14-8-6-13(7-9-14)20-19(25)16-12-15(21-22-16)17-4-3-11-28-17/h3-4,6-9,11-12H,2,5,10H2,1H3,(H,20,25)(H,21,22)/b23-18+. The van der Waals surface area contributed by atoms with E-state index in [0.717, 1.165) is 23.5 Å². The molecule has 0 saturated carbocycles. The number of amides is 1. The fourth-order valence-electron chi connectivity index (χ4n) is 3.00. The number of hydrogen-bond donors (Lipinski definition) is 2. The maximum absolute atomic E-state index is 12.5. The molecule has 29 heavy (non-hydrogen) atoms. The monoisotopic (exact) mass is 429 g/mol. The van der Waals surface area contributed by atoms with E-state index in [-0.39, 0.29) is 16.5 Å². The Kier molecular flexibility index (Phi) is 5.20. The number of nitrogens with zero attached hydrogens (tertiary/aromatic N) is 3. The van der Waals surface area contributed by atoms with Crippen molar-refractivity contribution < 1.29 is 13.2 Å². The summed E-state index contributed by atoms with van der Waals surface area (Å²) in [4.78, 5) is 15.3. The van der Waals surface area contributed by atoms with Gasteiger partial charge in [0.1, 0.15) is 5.84 Å². The Balaban J connectivity index is 1.46. The lowest BCUT2D eigenvalue weighted by molar-refractivity contribution is 0.102. The lowest BCUT2D eigenvalue weighted by Crippen LogP contribution is -2.20. The van der Waals surface area contributed by atoms with Gasteiger partial charge in [-0.2, -0.15) is 13.5 Å². The Hall–Kier alpha value is -2.98. The van der Waals surface area contributed by atoms with Gasteiger partial charge in [0.15, 0.2) is 5.69 Å². The average Bonchev–Trinajstić information content (AvgIpc) is 3.44. The molecule has 10 heteroatoms. The molecule has 3 aromatic rings. The van der Waals surface area contributed by atoms with Crippen LogP contribution in [0.3, 0.4) is 0 Å². The number of nitrogens with one attached hydrogen (secondary N) is 2. The van der Waals surface area contributed by atoms with Gasteiger partial charge in [-0.3, -0.25) is 9.89 Å². The van der Waals surface area contributed by atoms with Gasteiger partial charge >= 0.3 is 0 Å². The maximum atomic E-state index is 12.5. The second kappa shape index (κ2) is 7.80. The van der Waals surface area contributed by atoms with Crippen molar-refractivity contribution in [3.05, 3.63) is 53.5 Å². The minimum absolute atomic E-state index is 0.0862. The van der Waals surface area contributed by atoms with Crippen LogP contribution in [0.15, 0.2) is 57.1 Å². The first kappa shape index (κ1) is 19.3. The van der Waals surface area contributed by atoms with E-state index in [9.17, 15) is 13.2 Å². The molecule has 1 saturated heterocycles. The Morgan fingerprint density at radius 1 is 1.28 bits per heavy atom. The summed E-state index contributed by atoms with van der Waals surface area (Å²) >= 11 is 1.55. The van der Waals surface area contributed by atoms with E-state index in [1.807, 2.05) is 29.5 Å². The Labute approximate surface area is 172 Å². The van der Waals surface area contributed by atoms with Crippen molar-refractivity contribution in [1.82, 2.24) is 15.1 Å². The maximum Gasteiger partial charge on any atom is 0.283 e. The van der Waals surface area contributed by atoms with Crippen LogP contribution >= 0.6 is 11.3 Å². The molecule has 0 spiro atoms. The Morgan fingerprint density at radius 2 is 2.07 bits per heavy atom. The molecule has 0 radical (unpaired) electrons. The summed E-state index contributed by atoms with van der Waals surface area (Å²) in [5, 5.41) is 11.5. The van der Waals surface area contributed by atoms with Crippen LogP contribution < -0.4 is 5.32 Å². The van der Waals surface area contributed by atoms with Crippen LogP contribution in [0.1, 0.15) is 23.3 Å². The van der Waals surface area contributed by atoms with E-state index >= 15 is 0 Å². The van der Waals surface area contributed by atoms with Crippen LogP contribution in [0.4, 0.5) is 5.69 Å². The summed E-state index contributed by atoms with van der Waals surface area (Å²) in [7, 11) is -1.95. The summed E-state index contributed by atoms with van der Waals surface area (Å²) in [6.07, 6.45) is 1.55. The van der Waals surface area contributed by atoms with Crippen LogP contribution in [-0.4, -0.2) is 48.9 Å². The number of aromatic nitrogens is 2. The van der Waals surface area contributed by atoms with Crippen molar-refractivity contribution in [1.29, 1.82) is 0 Å². The van der Waals surface area contributed by atoms with Gasteiger partial charge in [0.05, 0.1) is 15.5 Å². The van der Waals surface area contributed by atoms with E-state index < -0.39 is 10.0 Å². The van der Waals surface area contributed by atoms with Crippen molar-refractivity contribution in [2.45, 2.75) is 17.7 Å². The van der Waals surface area contributed by atoms with Crippen molar-refractivity contribution in [3.8, 4) is 10.6 Å². The SMILES string of the molecule is CN1CCC/C1=N\S(=O)(=O)c1ccc(NC(=O)c2cc(-c3cccs3)[nH]n2)cc1. The molecule has 150 valence electrons. The van der Waals surface area contributed by atoms with E-state index in [1.54, 1.807) is 17.4 Å². The van der Waals surface area contributed by atoms with Crippen molar-refractivity contribution in [3.63, 3.8) is 0 Å². The first-order valence-electron chi connectivity index (χ1n) is 8.98. The number of aromatic amines is 1. The molecule has 1 aliphatic rings. The van der Waals surface area contributed by atoms with Gasteiger partial charge in [0.25, 0.3) is 15.9 Å². The van der Waals surface area contributed by atoms with Gasteiger partial charge in [-0.25, -0.2) is 0 Å². The summed E-state index contributed by atoms with van der Waals surface area (Å²) in [6.45, 7) is 0.806. The topological polar surface area (TPSA) is 108 Å². The van der Waals surface area contributed by atoms with Crippen LogP contribution in [0.25, 0.3) is 10.6 Å². The van der Waals surface area contributed by atoms with Gasteiger partial charge in [-0.05, 0) is 48.2 Å². The van der Waals surface area contributed by atoms with E-state index in [1.165, 1.54) is 24.3 Å². The highest BCUT2D eigenvalue weighted by atomic mass is 32.2. The van der Waals surface area contributed by atoms with Gasteiger partial charge < -0.3 is 10.2 Å². The number of rotatable bonds is 5. The number of carbonyl (C=O) groups is 1. The normalized spacial score (nSPS) is 15.8. The Bertz CT molecular complexity index is 1150. The predicted molar refractivity (Wildman–Crippen MR) is 113 cm³/mol. The molecule has 4 rings (SSSR count). The molecule has 1 aliphatic heterocycles. The van der Waals surface area contributed by atoms with E-state index in [0.29, 0.717) is 17.9 Å². The summed E-state index contributed by atoms with van der Waals surface area (Å²) in [5.74, 6) is 0.190.